The van der Waals surface area contributed by atoms with Crippen molar-refractivity contribution in [2.75, 3.05) is 4.90 Å². The van der Waals surface area contributed by atoms with E-state index in [1.54, 1.807) is 41.4 Å². The molecule has 214 valence electrons. The molecule has 0 unspecified atom stereocenters. The van der Waals surface area contributed by atoms with E-state index in [-0.39, 0.29) is 35.5 Å². The van der Waals surface area contributed by atoms with Gasteiger partial charge in [-0.25, -0.2) is 22.5 Å². The smallest absolute Gasteiger partial charge is 0.241 e. The molecule has 0 fully saturated rings. The van der Waals surface area contributed by atoms with Gasteiger partial charge in [-0.3, -0.25) is 4.79 Å². The minimum absolute atomic E-state index is 0.0905. The summed E-state index contributed by atoms with van der Waals surface area (Å²) >= 11 is 6.06. The fourth-order valence-corrected chi connectivity index (χ4v) is 6.89. The number of nitrogens with one attached hydrogen (secondary N) is 1. The van der Waals surface area contributed by atoms with Crippen molar-refractivity contribution in [2.24, 2.45) is 7.05 Å². The Hall–Kier alpha value is -3.53. The first kappa shape index (κ1) is 29.0. The number of nitrogens with zero attached hydrogens (tertiary/aromatic N) is 3. The van der Waals surface area contributed by atoms with E-state index in [2.05, 4.69) is 9.71 Å². The van der Waals surface area contributed by atoms with Crippen LogP contribution in [0.25, 0.3) is 0 Å². The van der Waals surface area contributed by atoms with E-state index < -0.39 is 16.1 Å². The van der Waals surface area contributed by atoms with Crippen molar-refractivity contribution in [3.05, 3.63) is 112 Å². The van der Waals surface area contributed by atoms with Crippen LogP contribution in [0.3, 0.4) is 0 Å². The van der Waals surface area contributed by atoms with Crippen LogP contribution in [0.2, 0.25) is 5.02 Å². The fraction of sp³-hybridized carbons (Fsp3) is 0.290. The molecule has 1 aromatic heterocycles. The second-order valence-corrected chi connectivity index (χ2v) is 12.6. The van der Waals surface area contributed by atoms with Gasteiger partial charge in [0.1, 0.15) is 11.6 Å². The number of amides is 1. The Balaban J connectivity index is 1.47. The lowest BCUT2D eigenvalue weighted by molar-refractivity contribution is -0.119. The fourth-order valence-electron chi connectivity index (χ4n) is 5.34. The Morgan fingerprint density at radius 1 is 1.17 bits per heavy atom. The molecule has 0 radical (unpaired) electrons. The molecule has 1 aliphatic carbocycles. The third-order valence-electron chi connectivity index (χ3n) is 7.60. The normalized spacial score (nSPS) is 15.8. The van der Waals surface area contributed by atoms with E-state index in [4.69, 9.17) is 11.6 Å². The number of hydrogen-bond donors (Lipinski definition) is 1. The highest BCUT2D eigenvalue weighted by molar-refractivity contribution is 7.89. The van der Waals surface area contributed by atoms with Crippen molar-refractivity contribution in [3.63, 3.8) is 0 Å². The van der Waals surface area contributed by atoms with E-state index in [1.807, 2.05) is 42.9 Å². The molecule has 2 atom stereocenters. The first-order valence-electron chi connectivity index (χ1n) is 13.5. The summed E-state index contributed by atoms with van der Waals surface area (Å²) in [5.74, 6) is -0.182. The molecule has 1 N–H and O–H groups in total. The molecule has 0 spiro atoms. The molecule has 10 heteroatoms. The van der Waals surface area contributed by atoms with Crippen LogP contribution in [-0.2, 0) is 34.8 Å². The summed E-state index contributed by atoms with van der Waals surface area (Å²) in [6.07, 6.45) is 5.83. The minimum Gasteiger partial charge on any atom is -0.337 e. The minimum atomic E-state index is -3.84. The molecule has 0 aliphatic heterocycles. The predicted molar refractivity (Wildman–Crippen MR) is 158 cm³/mol. The summed E-state index contributed by atoms with van der Waals surface area (Å²) in [5.41, 5.74) is 2.98. The Morgan fingerprint density at radius 2 is 1.98 bits per heavy atom. The molecule has 0 saturated heterocycles. The Kier molecular flexibility index (Phi) is 8.58. The van der Waals surface area contributed by atoms with E-state index in [1.165, 1.54) is 18.2 Å². The van der Waals surface area contributed by atoms with Gasteiger partial charge in [0.25, 0.3) is 0 Å². The molecule has 0 saturated carbocycles. The predicted octanol–water partition coefficient (Wildman–Crippen LogP) is 6.30. The number of benzene rings is 3. The van der Waals surface area contributed by atoms with Crippen LogP contribution in [0.15, 0.2) is 84.0 Å². The number of sulfonamides is 1. The van der Waals surface area contributed by atoms with Gasteiger partial charge in [0.2, 0.25) is 15.9 Å². The number of aromatic nitrogens is 2. The number of imidazole rings is 1. The summed E-state index contributed by atoms with van der Waals surface area (Å²) < 4.78 is 45.7. The molecule has 1 heterocycles. The molecule has 5 rings (SSSR count). The number of carbonyl (C=O) groups is 1. The summed E-state index contributed by atoms with van der Waals surface area (Å²) in [7, 11) is -1.97. The highest BCUT2D eigenvalue weighted by atomic mass is 35.5. The molecule has 41 heavy (non-hydrogen) atoms. The summed E-state index contributed by atoms with van der Waals surface area (Å²) in [6, 6.07) is 17.9. The van der Waals surface area contributed by atoms with Gasteiger partial charge >= 0.3 is 0 Å². The van der Waals surface area contributed by atoms with Gasteiger partial charge in [0, 0.05) is 42.6 Å². The lowest BCUT2D eigenvalue weighted by atomic mass is 9.87. The molecule has 4 aromatic rings. The highest BCUT2D eigenvalue weighted by Gasteiger charge is 2.28. The monoisotopic (exact) mass is 594 g/mol. The molecular formula is C31H32ClFN4O3S. The van der Waals surface area contributed by atoms with E-state index in [9.17, 15) is 17.6 Å². The van der Waals surface area contributed by atoms with Gasteiger partial charge in [0.15, 0.2) is 0 Å². The lowest BCUT2D eigenvalue weighted by Crippen LogP contribution is -2.34. The first-order chi connectivity index (χ1) is 19.6. The molecule has 1 amide bonds. The van der Waals surface area contributed by atoms with Crippen LogP contribution < -0.4 is 9.62 Å². The van der Waals surface area contributed by atoms with Gasteiger partial charge in [-0.05, 0) is 78.3 Å². The average Bonchev–Trinajstić information content (AvgIpc) is 3.35. The standard InChI is InChI=1S/C31H32ClFN4O3S/c1-21(26-10-3-4-11-28(26)33)17-31(38)37(20-30-34-15-16-36(30)2)24-14-13-22-7-5-12-29(27(22)19-24)35-41(39,40)25-9-6-8-23(32)18-25/h3-4,6,8-11,13-16,18-19,21,29,35H,5,7,12,17,20H2,1-2H3/t21-,29-/m0/s1. The van der Waals surface area contributed by atoms with Crippen molar-refractivity contribution in [1.82, 2.24) is 14.3 Å². The highest BCUT2D eigenvalue weighted by Crippen LogP contribution is 2.35. The molecule has 0 bridgehead atoms. The van der Waals surface area contributed by atoms with Gasteiger partial charge < -0.3 is 9.47 Å². The maximum Gasteiger partial charge on any atom is 0.241 e. The first-order valence-corrected chi connectivity index (χ1v) is 15.4. The number of hydrogen-bond acceptors (Lipinski definition) is 4. The van der Waals surface area contributed by atoms with E-state index in [0.29, 0.717) is 28.5 Å². The van der Waals surface area contributed by atoms with Crippen molar-refractivity contribution >= 4 is 33.2 Å². The summed E-state index contributed by atoms with van der Waals surface area (Å²) in [6.45, 7) is 2.05. The van der Waals surface area contributed by atoms with Crippen LogP contribution >= 0.6 is 11.6 Å². The third-order valence-corrected chi connectivity index (χ3v) is 9.30. The second-order valence-electron chi connectivity index (χ2n) is 10.5. The Bertz CT molecular complexity index is 1670. The van der Waals surface area contributed by atoms with Crippen LogP contribution in [-0.4, -0.2) is 23.9 Å². The van der Waals surface area contributed by atoms with Gasteiger partial charge in [-0.2, -0.15) is 0 Å². The number of carbonyl (C=O) groups excluding carboxylic acids is 1. The van der Waals surface area contributed by atoms with Crippen LogP contribution in [0.1, 0.15) is 60.7 Å². The number of anilines is 1. The van der Waals surface area contributed by atoms with Gasteiger partial charge in [0.05, 0.1) is 11.4 Å². The zero-order valence-corrected chi connectivity index (χ0v) is 24.5. The molecule has 1 aliphatic rings. The summed E-state index contributed by atoms with van der Waals surface area (Å²) in [5, 5.41) is 0.340. The van der Waals surface area contributed by atoms with Crippen molar-refractivity contribution in [3.8, 4) is 0 Å². The SMILES string of the molecule is C[C@@H](CC(=O)N(Cc1nccn1C)c1ccc2c(c1)[C@@H](NS(=O)(=O)c1cccc(Cl)c1)CCC2)c1ccccc1F. The average molecular weight is 595 g/mol. The lowest BCUT2D eigenvalue weighted by Gasteiger charge is -2.30. The zero-order chi connectivity index (χ0) is 29.1. The Labute approximate surface area is 245 Å². The van der Waals surface area contributed by atoms with Gasteiger partial charge in [-0.1, -0.05) is 48.9 Å². The molecule has 7 nitrogen and oxygen atoms in total. The summed E-state index contributed by atoms with van der Waals surface area (Å²) in [4.78, 5) is 20.0. The number of fused-ring (bicyclic) bond motifs is 1. The van der Waals surface area contributed by atoms with Crippen molar-refractivity contribution in [1.29, 1.82) is 0 Å². The zero-order valence-electron chi connectivity index (χ0n) is 22.9. The quantitative estimate of drug-likeness (QED) is 0.247. The van der Waals surface area contributed by atoms with Crippen molar-refractivity contribution < 1.29 is 17.6 Å². The Morgan fingerprint density at radius 3 is 2.71 bits per heavy atom. The topological polar surface area (TPSA) is 84.3 Å². The maximum absolute atomic E-state index is 14.5. The van der Waals surface area contributed by atoms with E-state index in [0.717, 1.165) is 24.0 Å². The van der Waals surface area contributed by atoms with Gasteiger partial charge in [-0.15, -0.1) is 0 Å². The van der Waals surface area contributed by atoms with Crippen LogP contribution in [0.4, 0.5) is 10.1 Å². The number of aryl methyl sites for hydroxylation is 2. The number of rotatable bonds is 9. The third kappa shape index (κ3) is 6.53. The van der Waals surface area contributed by atoms with Crippen molar-refractivity contribution in [2.45, 2.75) is 56.0 Å². The van der Waals surface area contributed by atoms with Crippen LogP contribution in [0, 0.1) is 5.82 Å². The molecule has 3 aromatic carbocycles. The maximum atomic E-state index is 14.5. The molecular weight excluding hydrogens is 563 g/mol. The second kappa shape index (κ2) is 12.1. The van der Waals surface area contributed by atoms with Crippen LogP contribution in [0.5, 0.6) is 0 Å². The largest absolute Gasteiger partial charge is 0.337 e. The van der Waals surface area contributed by atoms with E-state index >= 15 is 0 Å². The number of halogens is 2.